The van der Waals surface area contributed by atoms with Crippen molar-refractivity contribution in [3.8, 4) is 0 Å². The second kappa shape index (κ2) is 4.14. The highest BCUT2D eigenvalue weighted by Gasteiger charge is 2.14. The van der Waals surface area contributed by atoms with Crippen LogP contribution in [0.3, 0.4) is 0 Å². The van der Waals surface area contributed by atoms with Crippen LogP contribution in [-0.4, -0.2) is 36.1 Å². The maximum atomic E-state index is 4.54. The van der Waals surface area contributed by atoms with E-state index in [9.17, 15) is 0 Å². The number of hydrogen-bond acceptors (Lipinski definition) is 4. The van der Waals surface area contributed by atoms with Crippen LogP contribution in [0.1, 0.15) is 17.0 Å². The van der Waals surface area contributed by atoms with Gasteiger partial charge in [0.25, 0.3) is 0 Å². The van der Waals surface area contributed by atoms with Gasteiger partial charge in [0.05, 0.1) is 0 Å². The van der Waals surface area contributed by atoms with Crippen molar-refractivity contribution in [1.29, 1.82) is 0 Å². The summed E-state index contributed by atoms with van der Waals surface area (Å²) < 4.78 is 0. The molecule has 1 saturated heterocycles. The Labute approximate surface area is 90.7 Å². The zero-order chi connectivity index (χ0) is 10.8. The zero-order valence-corrected chi connectivity index (χ0v) is 9.67. The minimum absolute atomic E-state index is 0.886. The SMILES string of the molecule is Cc1nc(N2CCNCC2)nc(C)c1C. The first-order chi connectivity index (χ1) is 7.18. The number of piperazine rings is 1. The van der Waals surface area contributed by atoms with E-state index < -0.39 is 0 Å². The van der Waals surface area contributed by atoms with Gasteiger partial charge >= 0.3 is 0 Å². The summed E-state index contributed by atoms with van der Waals surface area (Å²) >= 11 is 0. The monoisotopic (exact) mass is 206 g/mol. The maximum Gasteiger partial charge on any atom is 0.225 e. The molecule has 0 bridgehead atoms. The topological polar surface area (TPSA) is 41.1 Å². The van der Waals surface area contributed by atoms with Crippen LogP contribution in [0.25, 0.3) is 0 Å². The third kappa shape index (κ3) is 2.09. The molecule has 0 atom stereocenters. The minimum atomic E-state index is 0.886. The zero-order valence-electron chi connectivity index (χ0n) is 9.67. The fraction of sp³-hybridized carbons (Fsp3) is 0.636. The molecule has 0 aliphatic carbocycles. The first kappa shape index (κ1) is 10.4. The lowest BCUT2D eigenvalue weighted by molar-refractivity contribution is 0.578. The molecule has 1 fully saturated rings. The molecule has 15 heavy (non-hydrogen) atoms. The molecule has 0 saturated carbocycles. The van der Waals surface area contributed by atoms with E-state index in [1.54, 1.807) is 0 Å². The summed E-state index contributed by atoms with van der Waals surface area (Å²) in [6.07, 6.45) is 0. The van der Waals surface area contributed by atoms with Crippen molar-refractivity contribution in [1.82, 2.24) is 15.3 Å². The van der Waals surface area contributed by atoms with Crippen LogP contribution in [-0.2, 0) is 0 Å². The van der Waals surface area contributed by atoms with Gasteiger partial charge in [0.1, 0.15) is 0 Å². The smallest absolute Gasteiger partial charge is 0.225 e. The molecule has 82 valence electrons. The van der Waals surface area contributed by atoms with Gasteiger partial charge < -0.3 is 10.2 Å². The lowest BCUT2D eigenvalue weighted by Crippen LogP contribution is -2.44. The van der Waals surface area contributed by atoms with Crippen molar-refractivity contribution < 1.29 is 0 Å². The molecule has 2 rings (SSSR count). The average Bonchev–Trinajstić information content (AvgIpc) is 2.26. The largest absolute Gasteiger partial charge is 0.338 e. The highest BCUT2D eigenvalue weighted by atomic mass is 15.3. The van der Waals surface area contributed by atoms with Gasteiger partial charge in [-0.15, -0.1) is 0 Å². The van der Waals surface area contributed by atoms with Crippen LogP contribution in [0, 0.1) is 20.8 Å². The Bertz CT molecular complexity index is 333. The lowest BCUT2D eigenvalue weighted by Gasteiger charge is -2.28. The standard InChI is InChI=1S/C11H18N4/c1-8-9(2)13-11(14-10(8)3)15-6-4-12-5-7-15/h12H,4-7H2,1-3H3. The van der Waals surface area contributed by atoms with E-state index >= 15 is 0 Å². The Hall–Kier alpha value is -1.16. The Morgan fingerprint density at radius 2 is 1.53 bits per heavy atom. The van der Waals surface area contributed by atoms with E-state index in [0.717, 1.165) is 43.5 Å². The predicted octanol–water partition coefficient (Wildman–Crippen LogP) is 0.811. The molecule has 1 aliphatic heterocycles. The lowest BCUT2D eigenvalue weighted by atomic mass is 10.2. The number of anilines is 1. The Balaban J connectivity index is 2.27. The van der Waals surface area contributed by atoms with E-state index in [1.807, 2.05) is 0 Å². The highest BCUT2D eigenvalue weighted by Crippen LogP contribution is 2.14. The van der Waals surface area contributed by atoms with Gasteiger partial charge in [-0.05, 0) is 26.3 Å². The third-order valence-electron chi connectivity index (χ3n) is 3.02. The third-order valence-corrected chi connectivity index (χ3v) is 3.02. The second-order valence-electron chi connectivity index (χ2n) is 4.06. The number of rotatable bonds is 1. The van der Waals surface area contributed by atoms with Crippen molar-refractivity contribution in [2.75, 3.05) is 31.1 Å². The summed E-state index contributed by atoms with van der Waals surface area (Å²) in [5.41, 5.74) is 3.39. The fourth-order valence-corrected chi connectivity index (χ4v) is 1.76. The van der Waals surface area contributed by atoms with E-state index in [-0.39, 0.29) is 0 Å². The fourth-order valence-electron chi connectivity index (χ4n) is 1.76. The Morgan fingerprint density at radius 3 is 2.07 bits per heavy atom. The van der Waals surface area contributed by atoms with Gasteiger partial charge in [0.15, 0.2) is 0 Å². The number of aromatic nitrogens is 2. The molecule has 1 aromatic rings. The summed E-state index contributed by atoms with van der Waals surface area (Å²) in [5.74, 6) is 0.886. The van der Waals surface area contributed by atoms with Gasteiger partial charge in [-0.3, -0.25) is 0 Å². The number of hydrogen-bond donors (Lipinski definition) is 1. The second-order valence-corrected chi connectivity index (χ2v) is 4.06. The van der Waals surface area contributed by atoms with Crippen molar-refractivity contribution in [3.63, 3.8) is 0 Å². The van der Waals surface area contributed by atoms with E-state index in [0.29, 0.717) is 0 Å². The van der Waals surface area contributed by atoms with Crippen molar-refractivity contribution in [2.45, 2.75) is 20.8 Å². The van der Waals surface area contributed by atoms with Crippen LogP contribution in [0.4, 0.5) is 5.95 Å². The molecule has 0 amide bonds. The summed E-state index contributed by atoms with van der Waals surface area (Å²) in [4.78, 5) is 11.3. The quantitative estimate of drug-likeness (QED) is 0.738. The molecule has 1 aromatic heterocycles. The molecule has 1 aliphatic rings. The van der Waals surface area contributed by atoms with Gasteiger partial charge in [-0.2, -0.15) is 0 Å². The Morgan fingerprint density at radius 1 is 1.00 bits per heavy atom. The van der Waals surface area contributed by atoms with Gasteiger partial charge in [-0.25, -0.2) is 9.97 Å². The van der Waals surface area contributed by atoms with E-state index in [2.05, 4.69) is 41.0 Å². The molecule has 1 N–H and O–H groups in total. The van der Waals surface area contributed by atoms with Gasteiger partial charge in [-0.1, -0.05) is 0 Å². The summed E-state index contributed by atoms with van der Waals surface area (Å²) in [6.45, 7) is 10.2. The molecular weight excluding hydrogens is 188 g/mol. The first-order valence-electron chi connectivity index (χ1n) is 5.46. The summed E-state index contributed by atoms with van der Waals surface area (Å²) in [5, 5.41) is 3.33. The van der Waals surface area contributed by atoms with Crippen molar-refractivity contribution in [2.24, 2.45) is 0 Å². The summed E-state index contributed by atoms with van der Waals surface area (Å²) in [7, 11) is 0. The number of nitrogens with one attached hydrogen (secondary N) is 1. The van der Waals surface area contributed by atoms with Gasteiger partial charge in [0, 0.05) is 37.6 Å². The molecule has 2 heterocycles. The van der Waals surface area contributed by atoms with Crippen LogP contribution < -0.4 is 10.2 Å². The number of nitrogens with zero attached hydrogens (tertiary/aromatic N) is 3. The molecule has 0 aromatic carbocycles. The Kier molecular flexibility index (Phi) is 2.86. The van der Waals surface area contributed by atoms with Crippen molar-refractivity contribution in [3.05, 3.63) is 17.0 Å². The van der Waals surface area contributed by atoms with Gasteiger partial charge in [0.2, 0.25) is 5.95 Å². The molecule has 0 spiro atoms. The average molecular weight is 206 g/mol. The number of aryl methyl sites for hydroxylation is 2. The molecule has 0 radical (unpaired) electrons. The van der Waals surface area contributed by atoms with E-state index in [1.165, 1.54) is 5.56 Å². The highest BCUT2D eigenvalue weighted by molar-refractivity contribution is 5.36. The van der Waals surface area contributed by atoms with Crippen LogP contribution in [0.15, 0.2) is 0 Å². The maximum absolute atomic E-state index is 4.54. The van der Waals surface area contributed by atoms with Crippen LogP contribution in [0.5, 0.6) is 0 Å². The normalized spacial score (nSPS) is 16.9. The minimum Gasteiger partial charge on any atom is -0.338 e. The van der Waals surface area contributed by atoms with Crippen molar-refractivity contribution >= 4 is 5.95 Å². The van der Waals surface area contributed by atoms with Crippen LogP contribution in [0.2, 0.25) is 0 Å². The molecule has 4 heteroatoms. The first-order valence-corrected chi connectivity index (χ1v) is 5.46. The summed E-state index contributed by atoms with van der Waals surface area (Å²) in [6, 6.07) is 0. The van der Waals surface area contributed by atoms with Crippen LogP contribution >= 0.6 is 0 Å². The molecule has 4 nitrogen and oxygen atoms in total. The molecular formula is C11H18N4. The van der Waals surface area contributed by atoms with E-state index in [4.69, 9.17) is 0 Å². The predicted molar refractivity (Wildman–Crippen MR) is 61.3 cm³/mol. The molecule has 0 unspecified atom stereocenters.